The molecule has 8 aromatic rings. The summed E-state index contributed by atoms with van der Waals surface area (Å²) in [6.07, 6.45) is 3.76. The zero-order valence-electron chi connectivity index (χ0n) is 25.8. The van der Waals surface area contributed by atoms with Gasteiger partial charge >= 0.3 is 0 Å². The van der Waals surface area contributed by atoms with Crippen molar-refractivity contribution in [2.24, 2.45) is 0 Å². The van der Waals surface area contributed by atoms with Gasteiger partial charge in [-0.15, -0.1) is 0 Å². The molecule has 214 valence electrons. The second kappa shape index (κ2) is 10.9. The van der Waals surface area contributed by atoms with Gasteiger partial charge in [0, 0.05) is 18.0 Å². The van der Waals surface area contributed by atoms with Gasteiger partial charge in [-0.3, -0.25) is 4.98 Å². The predicted octanol–water partition coefficient (Wildman–Crippen LogP) is 12.1. The first kappa shape index (κ1) is 27.0. The maximum Gasteiger partial charge on any atom is 0.0346 e. The third kappa shape index (κ3) is 4.51. The Labute approximate surface area is 264 Å². The van der Waals surface area contributed by atoms with Gasteiger partial charge in [-0.1, -0.05) is 127 Å². The average Bonchev–Trinajstić information content (AvgIpc) is 3.07. The lowest BCUT2D eigenvalue weighted by Gasteiger charge is -2.20. The van der Waals surface area contributed by atoms with Crippen molar-refractivity contribution in [3.8, 4) is 44.5 Å². The molecule has 1 nitrogen and oxygen atoms in total. The number of aryl methyl sites for hydroxylation is 3. The van der Waals surface area contributed by atoms with Gasteiger partial charge in [0.1, 0.15) is 0 Å². The van der Waals surface area contributed by atoms with E-state index in [1.54, 1.807) is 0 Å². The number of pyridine rings is 1. The summed E-state index contributed by atoms with van der Waals surface area (Å²) in [4.78, 5) is 4.37. The SMILES string of the molecule is Cc1cc(C)c(-c2ccc(-c3c4ccccc4c(-c4cccc(-c5cccnc5)c4)c4ccccc34)c3ccccc23)c(C)c1. The van der Waals surface area contributed by atoms with Gasteiger partial charge in [0.05, 0.1) is 0 Å². The van der Waals surface area contributed by atoms with Crippen molar-refractivity contribution in [3.05, 3.63) is 163 Å². The number of benzene rings is 7. The highest BCUT2D eigenvalue weighted by Gasteiger charge is 2.20. The molecule has 0 unspecified atom stereocenters. The Bertz CT molecular complexity index is 2320. The summed E-state index contributed by atoms with van der Waals surface area (Å²) in [5, 5.41) is 7.60. The third-order valence-corrected chi connectivity index (χ3v) is 9.22. The van der Waals surface area contributed by atoms with Crippen LogP contribution in [-0.4, -0.2) is 4.98 Å². The molecule has 1 heterocycles. The number of fused-ring (bicyclic) bond motifs is 3. The molecule has 7 aromatic carbocycles. The normalized spacial score (nSPS) is 11.4. The molecule has 0 N–H and O–H groups in total. The van der Waals surface area contributed by atoms with Crippen LogP contribution in [0.3, 0.4) is 0 Å². The summed E-state index contributed by atoms with van der Waals surface area (Å²) in [6.45, 7) is 6.65. The minimum atomic E-state index is 1.12. The summed E-state index contributed by atoms with van der Waals surface area (Å²) >= 11 is 0. The minimum absolute atomic E-state index is 1.12. The van der Waals surface area contributed by atoms with Gasteiger partial charge in [0.25, 0.3) is 0 Å². The van der Waals surface area contributed by atoms with Crippen molar-refractivity contribution in [2.45, 2.75) is 20.8 Å². The van der Waals surface area contributed by atoms with E-state index in [-0.39, 0.29) is 0 Å². The molecular formula is C44H33N. The molecule has 0 saturated heterocycles. The fourth-order valence-corrected chi connectivity index (χ4v) is 7.46. The van der Waals surface area contributed by atoms with Crippen molar-refractivity contribution in [2.75, 3.05) is 0 Å². The van der Waals surface area contributed by atoms with Crippen LogP contribution < -0.4 is 0 Å². The van der Waals surface area contributed by atoms with Crippen LogP contribution in [0.15, 0.2) is 146 Å². The average molecular weight is 576 g/mol. The highest BCUT2D eigenvalue weighted by molar-refractivity contribution is 6.24. The Kier molecular flexibility index (Phi) is 6.54. The summed E-state index contributed by atoms with van der Waals surface area (Å²) in [7, 11) is 0. The molecule has 1 heteroatoms. The summed E-state index contributed by atoms with van der Waals surface area (Å²) in [6, 6.07) is 49.1. The lowest BCUT2D eigenvalue weighted by molar-refractivity contribution is 1.32. The molecule has 45 heavy (non-hydrogen) atoms. The van der Waals surface area contributed by atoms with Gasteiger partial charge in [-0.05, 0) is 115 Å². The standard InChI is InChI=1S/C44H33N/c1-28-24-29(2)42(30(3)25-28)40-21-22-41(35-16-5-4-15-34(35)40)44-38-19-8-6-17-36(38)43(37-18-7-9-20-39(37)44)32-13-10-12-31(26-32)33-14-11-23-45-27-33/h4-27H,1-3H3. The fourth-order valence-electron chi connectivity index (χ4n) is 7.46. The molecule has 0 radical (unpaired) electrons. The number of rotatable bonds is 4. The van der Waals surface area contributed by atoms with E-state index in [0.717, 1.165) is 5.56 Å². The number of aromatic nitrogens is 1. The van der Waals surface area contributed by atoms with Gasteiger partial charge < -0.3 is 0 Å². The largest absolute Gasteiger partial charge is 0.264 e. The van der Waals surface area contributed by atoms with Gasteiger partial charge in [-0.2, -0.15) is 0 Å². The van der Waals surface area contributed by atoms with Gasteiger partial charge in [0.15, 0.2) is 0 Å². The minimum Gasteiger partial charge on any atom is -0.264 e. The van der Waals surface area contributed by atoms with Crippen LogP contribution in [-0.2, 0) is 0 Å². The monoisotopic (exact) mass is 575 g/mol. The quantitative estimate of drug-likeness (QED) is 0.190. The molecule has 0 bridgehead atoms. The van der Waals surface area contributed by atoms with E-state index in [4.69, 9.17) is 0 Å². The van der Waals surface area contributed by atoms with Crippen LogP contribution in [0, 0.1) is 20.8 Å². The molecule has 8 rings (SSSR count). The van der Waals surface area contributed by atoms with Crippen molar-refractivity contribution < 1.29 is 0 Å². The maximum atomic E-state index is 4.37. The van der Waals surface area contributed by atoms with Crippen LogP contribution in [0.4, 0.5) is 0 Å². The summed E-state index contributed by atoms with van der Waals surface area (Å²) in [5.74, 6) is 0. The van der Waals surface area contributed by atoms with Crippen LogP contribution >= 0.6 is 0 Å². The van der Waals surface area contributed by atoms with Crippen LogP contribution in [0.25, 0.3) is 76.8 Å². The topological polar surface area (TPSA) is 12.9 Å². The molecule has 0 amide bonds. The van der Waals surface area contributed by atoms with Crippen LogP contribution in [0.5, 0.6) is 0 Å². The lowest BCUT2D eigenvalue weighted by Crippen LogP contribution is -1.94. The first-order valence-electron chi connectivity index (χ1n) is 15.6. The Morgan fingerprint density at radius 1 is 0.378 bits per heavy atom. The van der Waals surface area contributed by atoms with E-state index in [2.05, 4.69) is 153 Å². The van der Waals surface area contributed by atoms with Crippen molar-refractivity contribution >= 4 is 32.3 Å². The van der Waals surface area contributed by atoms with E-state index in [1.807, 2.05) is 18.5 Å². The van der Waals surface area contributed by atoms with E-state index < -0.39 is 0 Å². The first-order valence-corrected chi connectivity index (χ1v) is 15.6. The Morgan fingerprint density at radius 2 is 0.867 bits per heavy atom. The zero-order chi connectivity index (χ0) is 30.5. The highest BCUT2D eigenvalue weighted by Crippen LogP contribution is 2.47. The second-order valence-electron chi connectivity index (χ2n) is 12.1. The molecule has 0 spiro atoms. The molecule has 0 aliphatic heterocycles. The molecule has 0 atom stereocenters. The fraction of sp³-hybridized carbons (Fsp3) is 0.0682. The van der Waals surface area contributed by atoms with E-state index in [1.165, 1.54) is 88.0 Å². The summed E-state index contributed by atoms with van der Waals surface area (Å²) in [5.41, 5.74) is 13.9. The molecule has 0 aliphatic carbocycles. The first-order chi connectivity index (χ1) is 22.1. The highest BCUT2D eigenvalue weighted by atomic mass is 14.6. The third-order valence-electron chi connectivity index (χ3n) is 9.22. The van der Waals surface area contributed by atoms with Crippen molar-refractivity contribution in [3.63, 3.8) is 0 Å². The number of nitrogens with zero attached hydrogens (tertiary/aromatic N) is 1. The van der Waals surface area contributed by atoms with Crippen molar-refractivity contribution in [1.82, 2.24) is 4.98 Å². The smallest absolute Gasteiger partial charge is 0.0346 e. The van der Waals surface area contributed by atoms with Gasteiger partial charge in [0.2, 0.25) is 0 Å². The van der Waals surface area contributed by atoms with Crippen molar-refractivity contribution in [1.29, 1.82) is 0 Å². The second-order valence-corrected chi connectivity index (χ2v) is 12.1. The molecule has 1 aromatic heterocycles. The predicted molar refractivity (Wildman–Crippen MR) is 193 cm³/mol. The number of hydrogen-bond donors (Lipinski definition) is 0. The van der Waals surface area contributed by atoms with E-state index >= 15 is 0 Å². The molecule has 0 fully saturated rings. The summed E-state index contributed by atoms with van der Waals surface area (Å²) < 4.78 is 0. The zero-order valence-corrected chi connectivity index (χ0v) is 25.8. The van der Waals surface area contributed by atoms with Crippen LogP contribution in [0.1, 0.15) is 16.7 Å². The lowest BCUT2D eigenvalue weighted by atomic mass is 9.83. The van der Waals surface area contributed by atoms with E-state index in [9.17, 15) is 0 Å². The maximum absolute atomic E-state index is 4.37. The molecular weight excluding hydrogens is 542 g/mol. The number of hydrogen-bond acceptors (Lipinski definition) is 1. The van der Waals surface area contributed by atoms with Crippen LogP contribution in [0.2, 0.25) is 0 Å². The molecule has 0 saturated carbocycles. The van der Waals surface area contributed by atoms with E-state index in [0.29, 0.717) is 0 Å². The Hall–Kier alpha value is -5.53. The Morgan fingerprint density at radius 3 is 1.42 bits per heavy atom. The molecule has 0 aliphatic rings. The van der Waals surface area contributed by atoms with Gasteiger partial charge in [-0.25, -0.2) is 0 Å². The Balaban J connectivity index is 1.43.